The van der Waals surface area contributed by atoms with Crippen molar-refractivity contribution in [2.75, 3.05) is 19.6 Å². The van der Waals surface area contributed by atoms with Gasteiger partial charge in [0.05, 0.1) is 18.8 Å². The lowest BCUT2D eigenvalue weighted by molar-refractivity contribution is -0.276. The molecule has 2 saturated heterocycles. The van der Waals surface area contributed by atoms with Crippen molar-refractivity contribution in [1.82, 2.24) is 10.2 Å². The fourth-order valence-corrected chi connectivity index (χ4v) is 6.25. The number of aliphatic hydroxyl groups excluding tert-OH is 1. The van der Waals surface area contributed by atoms with Crippen molar-refractivity contribution >= 4 is 40.7 Å². The Bertz CT molecular complexity index is 1360. The number of alkyl halides is 3. The lowest BCUT2D eigenvalue weighted by atomic mass is 9.89. The van der Waals surface area contributed by atoms with Crippen LogP contribution in [0.1, 0.15) is 73.7 Å². The molecule has 3 aromatic rings. The Morgan fingerprint density at radius 1 is 0.864 bits per heavy atom. The standard InChI is InChI=1S/C35H41Cl3N2O4/c1-24-31(22-40-18-5-3-2-4-6-19-40)43-33(44-32(24)28-12-10-25(23-41)11-13-28)29-16-14-27(15-17-29)30-9-7-8-26(20-30)21-39-34(42)35(36,37)38/h7-17,20,24,31-33,41H,2-6,18-19,21-23H2,1H3,(H,39,42). The minimum Gasteiger partial charge on any atom is -0.392 e. The average molecular weight is 660 g/mol. The smallest absolute Gasteiger partial charge is 0.272 e. The first-order valence-corrected chi connectivity index (χ1v) is 16.6. The van der Waals surface area contributed by atoms with Gasteiger partial charge in [0.15, 0.2) is 6.29 Å². The number of ether oxygens (including phenoxy) is 2. The van der Waals surface area contributed by atoms with Gasteiger partial charge >= 0.3 is 0 Å². The predicted molar refractivity (Wildman–Crippen MR) is 177 cm³/mol. The molecule has 0 saturated carbocycles. The van der Waals surface area contributed by atoms with Crippen molar-refractivity contribution in [3.8, 4) is 11.1 Å². The maximum atomic E-state index is 12.0. The molecular formula is C35H41Cl3N2O4. The van der Waals surface area contributed by atoms with Crippen molar-refractivity contribution in [1.29, 1.82) is 0 Å². The Hall–Kier alpha value is -2.16. The summed E-state index contributed by atoms with van der Waals surface area (Å²) in [5.41, 5.74) is 5.87. The molecule has 2 aliphatic heterocycles. The molecule has 2 fully saturated rings. The Morgan fingerprint density at radius 3 is 2.18 bits per heavy atom. The lowest BCUT2D eigenvalue weighted by Crippen LogP contribution is -2.45. The normalized spacial score (nSPS) is 23.5. The third kappa shape index (κ3) is 8.76. The number of aliphatic hydroxyl groups is 1. The number of rotatable bonds is 8. The minimum atomic E-state index is -2.00. The Morgan fingerprint density at radius 2 is 1.52 bits per heavy atom. The largest absolute Gasteiger partial charge is 0.392 e. The molecule has 5 rings (SSSR count). The molecule has 6 nitrogen and oxygen atoms in total. The van der Waals surface area contributed by atoms with Gasteiger partial charge in [0.2, 0.25) is 0 Å². The third-order valence-electron chi connectivity index (χ3n) is 8.66. The van der Waals surface area contributed by atoms with E-state index in [1.54, 1.807) is 0 Å². The molecule has 0 aromatic heterocycles. The summed E-state index contributed by atoms with van der Waals surface area (Å²) in [6.45, 7) is 5.59. The number of nitrogens with one attached hydrogen (secondary N) is 1. The summed E-state index contributed by atoms with van der Waals surface area (Å²) in [4.78, 5) is 14.5. The van der Waals surface area contributed by atoms with Gasteiger partial charge in [0, 0.05) is 24.6 Å². The second-order valence-corrected chi connectivity index (χ2v) is 14.2. The maximum Gasteiger partial charge on any atom is 0.272 e. The molecule has 0 bridgehead atoms. The van der Waals surface area contributed by atoms with E-state index in [2.05, 4.69) is 53.5 Å². The molecule has 236 valence electrons. The van der Waals surface area contributed by atoms with Crippen molar-refractivity contribution < 1.29 is 19.4 Å². The van der Waals surface area contributed by atoms with Crippen LogP contribution < -0.4 is 5.32 Å². The van der Waals surface area contributed by atoms with Crippen molar-refractivity contribution in [2.45, 2.75) is 74.5 Å². The zero-order valence-corrected chi connectivity index (χ0v) is 27.3. The van der Waals surface area contributed by atoms with Gasteiger partial charge in [-0.25, -0.2) is 0 Å². The number of amides is 1. The second kappa shape index (κ2) is 15.4. The quantitative estimate of drug-likeness (QED) is 0.241. The number of benzene rings is 3. The van der Waals surface area contributed by atoms with Gasteiger partial charge in [-0.05, 0) is 59.8 Å². The molecular weight excluding hydrogens is 619 g/mol. The van der Waals surface area contributed by atoms with Gasteiger partial charge < -0.3 is 24.8 Å². The van der Waals surface area contributed by atoms with Crippen LogP contribution in [0.2, 0.25) is 0 Å². The highest BCUT2D eigenvalue weighted by Gasteiger charge is 2.39. The summed E-state index contributed by atoms with van der Waals surface area (Å²) >= 11 is 17.0. The molecule has 0 spiro atoms. The Balaban J connectivity index is 1.34. The maximum absolute atomic E-state index is 12.0. The van der Waals surface area contributed by atoms with E-state index in [4.69, 9.17) is 44.3 Å². The van der Waals surface area contributed by atoms with Crippen LogP contribution in [0.5, 0.6) is 0 Å². The van der Waals surface area contributed by atoms with E-state index >= 15 is 0 Å². The van der Waals surface area contributed by atoms with Crippen LogP contribution in [-0.2, 0) is 27.4 Å². The highest BCUT2D eigenvalue weighted by molar-refractivity contribution is 6.76. The van der Waals surface area contributed by atoms with Crippen LogP contribution >= 0.6 is 34.8 Å². The van der Waals surface area contributed by atoms with Crippen LogP contribution in [-0.4, -0.2) is 45.4 Å². The third-order valence-corrected chi connectivity index (χ3v) is 9.18. The fourth-order valence-electron chi connectivity index (χ4n) is 6.05. The van der Waals surface area contributed by atoms with E-state index in [-0.39, 0.29) is 31.3 Å². The molecule has 2 heterocycles. The first kappa shape index (κ1) is 33.2. The minimum absolute atomic E-state index is 0.00922. The summed E-state index contributed by atoms with van der Waals surface area (Å²) in [6.07, 6.45) is 5.75. The number of nitrogens with zero attached hydrogens (tertiary/aromatic N) is 1. The van der Waals surface area contributed by atoms with E-state index in [0.29, 0.717) is 0 Å². The Labute approximate surface area is 275 Å². The number of hydrogen-bond acceptors (Lipinski definition) is 5. The SMILES string of the molecule is CC1C(CN2CCCCCCC2)OC(c2ccc(-c3cccc(CNC(=O)C(Cl)(Cl)Cl)c3)cc2)OC1c1ccc(CO)cc1. The first-order valence-electron chi connectivity index (χ1n) is 15.5. The van der Waals surface area contributed by atoms with E-state index in [1.165, 1.54) is 32.1 Å². The van der Waals surface area contributed by atoms with E-state index < -0.39 is 16.0 Å². The van der Waals surface area contributed by atoms with Crippen LogP contribution in [0.4, 0.5) is 0 Å². The fraction of sp³-hybridized carbons (Fsp3) is 0.457. The van der Waals surface area contributed by atoms with Crippen LogP contribution in [0, 0.1) is 5.92 Å². The van der Waals surface area contributed by atoms with Gasteiger partial charge in [-0.1, -0.05) is 128 Å². The second-order valence-electron chi connectivity index (χ2n) is 11.9. The van der Waals surface area contributed by atoms with Gasteiger partial charge in [0.1, 0.15) is 0 Å². The number of hydrogen-bond donors (Lipinski definition) is 2. The summed E-state index contributed by atoms with van der Waals surface area (Å²) in [5, 5.41) is 12.2. The van der Waals surface area contributed by atoms with Crippen molar-refractivity contribution in [2.24, 2.45) is 5.92 Å². The number of carbonyl (C=O) groups is 1. The molecule has 3 aromatic carbocycles. The zero-order chi connectivity index (χ0) is 31.1. The number of carbonyl (C=O) groups excluding carboxylic acids is 1. The summed E-state index contributed by atoms with van der Waals surface area (Å²) < 4.78 is 11.4. The molecule has 2 aliphatic rings. The molecule has 1 amide bonds. The summed E-state index contributed by atoms with van der Waals surface area (Å²) in [6, 6.07) is 24.2. The molecule has 9 heteroatoms. The molecule has 4 unspecified atom stereocenters. The Kier molecular flexibility index (Phi) is 11.6. The lowest BCUT2D eigenvalue weighted by Gasteiger charge is -2.43. The highest BCUT2D eigenvalue weighted by Crippen LogP contribution is 2.42. The van der Waals surface area contributed by atoms with Gasteiger partial charge in [-0.15, -0.1) is 0 Å². The van der Waals surface area contributed by atoms with E-state index in [0.717, 1.165) is 53.0 Å². The highest BCUT2D eigenvalue weighted by atomic mass is 35.6. The topological polar surface area (TPSA) is 71.0 Å². The molecule has 2 N–H and O–H groups in total. The summed E-state index contributed by atoms with van der Waals surface area (Å²) in [5.74, 6) is -0.507. The van der Waals surface area contributed by atoms with E-state index in [9.17, 15) is 9.90 Å². The van der Waals surface area contributed by atoms with Gasteiger partial charge in [-0.2, -0.15) is 0 Å². The average Bonchev–Trinajstić information content (AvgIpc) is 3.02. The summed E-state index contributed by atoms with van der Waals surface area (Å²) in [7, 11) is 0. The van der Waals surface area contributed by atoms with Crippen LogP contribution in [0.15, 0.2) is 72.8 Å². The van der Waals surface area contributed by atoms with Crippen molar-refractivity contribution in [3.05, 3.63) is 95.1 Å². The zero-order valence-electron chi connectivity index (χ0n) is 25.1. The molecule has 4 atom stereocenters. The number of likely N-dealkylation sites (tertiary alicyclic amines) is 1. The van der Waals surface area contributed by atoms with E-state index in [1.807, 2.05) is 36.4 Å². The molecule has 0 radical (unpaired) electrons. The van der Waals surface area contributed by atoms with Gasteiger partial charge in [-0.3, -0.25) is 4.79 Å². The van der Waals surface area contributed by atoms with Crippen LogP contribution in [0.25, 0.3) is 11.1 Å². The van der Waals surface area contributed by atoms with Gasteiger partial charge in [0.25, 0.3) is 9.70 Å². The number of halogens is 3. The van der Waals surface area contributed by atoms with Crippen molar-refractivity contribution in [3.63, 3.8) is 0 Å². The van der Waals surface area contributed by atoms with Crippen LogP contribution in [0.3, 0.4) is 0 Å². The molecule has 44 heavy (non-hydrogen) atoms. The molecule has 0 aliphatic carbocycles. The predicted octanol–water partition coefficient (Wildman–Crippen LogP) is 7.89. The first-order chi connectivity index (χ1) is 21.2. The monoisotopic (exact) mass is 658 g/mol.